The van der Waals surface area contributed by atoms with Gasteiger partial charge in [0.1, 0.15) is 18.8 Å². The van der Waals surface area contributed by atoms with Crippen LogP contribution in [0.3, 0.4) is 0 Å². The molecule has 1 unspecified atom stereocenters. The first-order valence-corrected chi connectivity index (χ1v) is 9.94. The fourth-order valence-corrected chi connectivity index (χ4v) is 3.75. The minimum atomic E-state index is -4.46. The van der Waals surface area contributed by atoms with Gasteiger partial charge in [0.15, 0.2) is 0 Å². The van der Waals surface area contributed by atoms with Gasteiger partial charge >= 0.3 is 6.18 Å². The number of alkyl halides is 3. The molecule has 1 heterocycles. The van der Waals surface area contributed by atoms with Crippen LogP contribution in [0.1, 0.15) is 48.9 Å². The Kier molecular flexibility index (Phi) is 8.34. The van der Waals surface area contributed by atoms with E-state index >= 15 is 0 Å². The lowest BCUT2D eigenvalue weighted by molar-refractivity contribution is -0.154. The first kappa shape index (κ1) is 23.5. The zero-order chi connectivity index (χ0) is 21.6. The van der Waals surface area contributed by atoms with Crippen molar-refractivity contribution in [2.24, 2.45) is 0 Å². The van der Waals surface area contributed by atoms with Crippen LogP contribution in [0.5, 0.6) is 5.75 Å². The lowest BCUT2D eigenvalue weighted by atomic mass is 9.94. The van der Waals surface area contributed by atoms with E-state index in [1.165, 1.54) is 11.1 Å². The summed E-state index contributed by atoms with van der Waals surface area (Å²) >= 11 is 0. The van der Waals surface area contributed by atoms with E-state index in [0.29, 0.717) is 26.1 Å². The van der Waals surface area contributed by atoms with Gasteiger partial charge in [0.25, 0.3) is 0 Å². The number of methoxy groups -OCH3 is 1. The van der Waals surface area contributed by atoms with Crippen LogP contribution in [0.15, 0.2) is 12.1 Å². The van der Waals surface area contributed by atoms with Crippen LogP contribution in [-0.4, -0.2) is 56.4 Å². The molecular formula is C21H31F3N2O3. The molecule has 0 spiro atoms. The number of nitrogens with zero attached hydrogens (tertiary/aromatic N) is 1. The average Bonchev–Trinajstić information content (AvgIpc) is 2.64. The summed E-state index contributed by atoms with van der Waals surface area (Å²) in [5.41, 5.74) is 3.48. The third-order valence-electron chi connectivity index (χ3n) is 5.58. The molecule has 0 saturated carbocycles. The topological polar surface area (TPSA) is 50.8 Å². The number of carbonyl (C=O) groups excluding carboxylic acids is 1. The van der Waals surface area contributed by atoms with Gasteiger partial charge in [0, 0.05) is 32.3 Å². The fourth-order valence-electron chi connectivity index (χ4n) is 3.75. The van der Waals surface area contributed by atoms with E-state index in [4.69, 9.17) is 9.47 Å². The summed E-state index contributed by atoms with van der Waals surface area (Å²) in [6, 6.07) is 4.03. The van der Waals surface area contributed by atoms with E-state index in [1.54, 1.807) is 7.11 Å². The van der Waals surface area contributed by atoms with Crippen LogP contribution in [0.2, 0.25) is 0 Å². The fraction of sp³-hybridized carbons (Fsp3) is 0.667. The second-order valence-electron chi connectivity index (χ2n) is 7.59. The highest BCUT2D eigenvalue weighted by Gasteiger charge is 2.33. The second-order valence-corrected chi connectivity index (χ2v) is 7.59. The number of nitrogens with one attached hydrogen (secondary N) is 1. The Balaban J connectivity index is 1.92. The van der Waals surface area contributed by atoms with E-state index in [0.717, 1.165) is 24.4 Å². The molecule has 1 aliphatic rings. The molecule has 5 nitrogen and oxygen atoms in total. The summed E-state index contributed by atoms with van der Waals surface area (Å²) in [5.74, 6) is -0.0962. The number of likely N-dealkylation sites (tertiary alicyclic amines) is 1. The summed E-state index contributed by atoms with van der Waals surface area (Å²) in [6.45, 7) is 8.73. The molecule has 8 heteroatoms. The molecule has 0 radical (unpaired) electrons. The molecule has 1 N–H and O–H groups in total. The number of halogens is 3. The van der Waals surface area contributed by atoms with Crippen LogP contribution in [0, 0.1) is 13.8 Å². The monoisotopic (exact) mass is 416 g/mol. The van der Waals surface area contributed by atoms with Crippen molar-refractivity contribution >= 4 is 5.91 Å². The summed E-state index contributed by atoms with van der Waals surface area (Å²) in [7, 11) is 1.64. The van der Waals surface area contributed by atoms with Gasteiger partial charge in [-0.2, -0.15) is 13.2 Å². The normalized spacial score (nSPS) is 17.2. The third kappa shape index (κ3) is 6.89. The van der Waals surface area contributed by atoms with Gasteiger partial charge in [0.2, 0.25) is 5.91 Å². The number of piperidine rings is 1. The Morgan fingerprint density at radius 1 is 1.21 bits per heavy atom. The predicted molar refractivity (Wildman–Crippen MR) is 105 cm³/mol. The van der Waals surface area contributed by atoms with Gasteiger partial charge in [-0.05, 0) is 56.4 Å². The Labute approximate surface area is 170 Å². The van der Waals surface area contributed by atoms with Crippen LogP contribution >= 0.6 is 0 Å². The third-order valence-corrected chi connectivity index (χ3v) is 5.58. The molecule has 1 atom stereocenters. The maximum Gasteiger partial charge on any atom is 0.397 e. The molecule has 1 aliphatic heterocycles. The maximum atomic E-state index is 12.3. The summed E-state index contributed by atoms with van der Waals surface area (Å²) in [4.78, 5) is 13.8. The predicted octanol–water partition coefficient (Wildman–Crippen LogP) is 3.92. The number of carbonyl (C=O) groups is 1. The quantitative estimate of drug-likeness (QED) is 0.653. The van der Waals surface area contributed by atoms with Gasteiger partial charge in [-0.1, -0.05) is 6.07 Å². The number of rotatable bonds is 8. The summed E-state index contributed by atoms with van der Waals surface area (Å²) in [5, 5.41) is 2.51. The van der Waals surface area contributed by atoms with E-state index in [9.17, 15) is 18.0 Å². The Bertz CT molecular complexity index is 686. The van der Waals surface area contributed by atoms with Crippen LogP contribution in [0.4, 0.5) is 13.2 Å². The molecule has 164 valence electrons. The molecular weight excluding hydrogens is 385 g/mol. The largest absolute Gasteiger partial charge is 0.491 e. The minimum absolute atomic E-state index is 0.175. The van der Waals surface area contributed by atoms with E-state index in [2.05, 4.69) is 30.1 Å². The van der Waals surface area contributed by atoms with E-state index in [-0.39, 0.29) is 12.1 Å². The number of hydrogen-bond donors (Lipinski definition) is 1. The molecule has 1 fully saturated rings. The molecule has 2 rings (SSSR count). The van der Waals surface area contributed by atoms with Crippen LogP contribution in [-0.2, 0) is 9.53 Å². The first-order chi connectivity index (χ1) is 13.6. The molecule has 1 saturated heterocycles. The van der Waals surface area contributed by atoms with Crippen molar-refractivity contribution in [1.29, 1.82) is 0 Å². The van der Waals surface area contributed by atoms with Crippen molar-refractivity contribution in [3.63, 3.8) is 0 Å². The lowest BCUT2D eigenvalue weighted by Crippen LogP contribution is -2.46. The van der Waals surface area contributed by atoms with Crippen molar-refractivity contribution in [3.8, 4) is 5.75 Å². The van der Waals surface area contributed by atoms with Crippen molar-refractivity contribution < 1.29 is 27.4 Å². The standard InChI is InChI=1S/C21H31F3N2O3/c1-14-15(2)19(29-12-11-28-4)6-5-18(14)16(3)26-9-7-17(8-10-26)25-20(27)13-21(22,23)24/h5-6,16-17H,7-13H2,1-4H3,(H,25,27). The zero-order valence-corrected chi connectivity index (χ0v) is 17.6. The average molecular weight is 416 g/mol. The molecule has 1 aromatic rings. The van der Waals surface area contributed by atoms with Crippen molar-refractivity contribution in [2.75, 3.05) is 33.4 Å². The smallest absolute Gasteiger partial charge is 0.397 e. The van der Waals surface area contributed by atoms with Gasteiger partial charge in [0.05, 0.1) is 6.61 Å². The van der Waals surface area contributed by atoms with Crippen molar-refractivity contribution in [2.45, 2.75) is 58.3 Å². The number of benzene rings is 1. The first-order valence-electron chi connectivity index (χ1n) is 9.94. The lowest BCUT2D eigenvalue weighted by Gasteiger charge is -2.37. The molecule has 0 aromatic heterocycles. The minimum Gasteiger partial charge on any atom is -0.491 e. The summed E-state index contributed by atoms with van der Waals surface area (Å²) < 4.78 is 47.7. The van der Waals surface area contributed by atoms with Crippen molar-refractivity contribution in [3.05, 3.63) is 28.8 Å². The highest BCUT2D eigenvalue weighted by molar-refractivity contribution is 5.76. The molecule has 0 aliphatic carbocycles. The van der Waals surface area contributed by atoms with Crippen molar-refractivity contribution in [1.82, 2.24) is 10.2 Å². The maximum absolute atomic E-state index is 12.3. The Morgan fingerprint density at radius 2 is 1.86 bits per heavy atom. The molecule has 0 bridgehead atoms. The van der Waals surface area contributed by atoms with Crippen LogP contribution < -0.4 is 10.1 Å². The molecule has 1 amide bonds. The second kappa shape index (κ2) is 10.3. The SMILES string of the molecule is COCCOc1ccc(C(C)N2CCC(NC(=O)CC(F)(F)F)CC2)c(C)c1C. The van der Waals surface area contributed by atoms with Gasteiger partial charge in [-0.3, -0.25) is 9.69 Å². The van der Waals surface area contributed by atoms with Gasteiger partial charge in [-0.25, -0.2) is 0 Å². The number of amides is 1. The highest BCUT2D eigenvalue weighted by Crippen LogP contribution is 2.32. The Hall–Kier alpha value is -1.80. The van der Waals surface area contributed by atoms with Crippen LogP contribution in [0.25, 0.3) is 0 Å². The van der Waals surface area contributed by atoms with E-state index < -0.39 is 18.5 Å². The zero-order valence-electron chi connectivity index (χ0n) is 17.6. The van der Waals surface area contributed by atoms with Gasteiger partial charge in [-0.15, -0.1) is 0 Å². The highest BCUT2D eigenvalue weighted by atomic mass is 19.4. The number of hydrogen-bond acceptors (Lipinski definition) is 4. The summed E-state index contributed by atoms with van der Waals surface area (Å²) in [6.07, 6.45) is -4.59. The molecule has 1 aromatic carbocycles. The Morgan fingerprint density at radius 3 is 2.45 bits per heavy atom. The van der Waals surface area contributed by atoms with Gasteiger partial charge < -0.3 is 14.8 Å². The molecule has 29 heavy (non-hydrogen) atoms. The number of ether oxygens (including phenoxy) is 2. The van der Waals surface area contributed by atoms with E-state index in [1.807, 2.05) is 13.0 Å².